The van der Waals surface area contributed by atoms with Gasteiger partial charge in [-0.25, -0.2) is 19.4 Å². The Bertz CT molecular complexity index is 1030. The number of hydrogen-bond donors (Lipinski definition) is 2. The predicted molar refractivity (Wildman–Crippen MR) is 104 cm³/mol. The highest BCUT2D eigenvalue weighted by atomic mass is 19.1. The molecule has 3 N–H and O–H groups in total. The number of carbonyl (C=O) groups is 1. The summed E-state index contributed by atoms with van der Waals surface area (Å²) >= 11 is 0. The number of benzene rings is 1. The highest BCUT2D eigenvalue weighted by molar-refractivity contribution is 6.02. The number of ether oxygens (including phenoxy) is 2. The summed E-state index contributed by atoms with van der Waals surface area (Å²) in [6.07, 6.45) is 5.05. The number of carbonyl (C=O) groups excluding carboxylic acids is 1. The third-order valence-corrected chi connectivity index (χ3v) is 5.14. The van der Waals surface area contributed by atoms with Crippen molar-refractivity contribution in [3.63, 3.8) is 0 Å². The molecular formula is C20H20FN5O3. The van der Waals surface area contributed by atoms with Gasteiger partial charge in [0.05, 0.1) is 19.5 Å². The summed E-state index contributed by atoms with van der Waals surface area (Å²) < 4.78 is 25.3. The van der Waals surface area contributed by atoms with E-state index in [0.717, 1.165) is 30.6 Å². The molecule has 0 bridgehead atoms. The first kappa shape index (κ1) is 18.9. The van der Waals surface area contributed by atoms with Crippen LogP contribution in [0.4, 0.5) is 10.1 Å². The number of anilines is 1. The molecule has 4 rings (SSSR count). The number of amidine groups is 1. The molecule has 150 valence electrons. The predicted octanol–water partition coefficient (Wildman–Crippen LogP) is 2.87. The molecule has 2 heterocycles. The lowest BCUT2D eigenvalue weighted by Gasteiger charge is -2.32. The van der Waals surface area contributed by atoms with Crippen molar-refractivity contribution in [2.75, 3.05) is 12.4 Å². The summed E-state index contributed by atoms with van der Waals surface area (Å²) in [6, 6.07) is 4.35. The molecule has 0 spiro atoms. The number of amides is 1. The quantitative estimate of drug-likeness (QED) is 0.821. The molecule has 9 heteroatoms. The van der Waals surface area contributed by atoms with Crippen LogP contribution in [-0.2, 0) is 10.3 Å². The van der Waals surface area contributed by atoms with Crippen LogP contribution in [0.1, 0.15) is 42.2 Å². The third-order valence-electron chi connectivity index (χ3n) is 5.14. The molecule has 0 unspecified atom stereocenters. The SMILES string of the molecule is COc1cnc(C(=O)Nc2ccc(F)c([C@@]3(C)N=C(N)OC4=C3CCC4)c2)cn1. The molecule has 0 fully saturated rings. The molecule has 1 aromatic carbocycles. The van der Waals surface area contributed by atoms with Crippen molar-refractivity contribution in [1.82, 2.24) is 9.97 Å². The van der Waals surface area contributed by atoms with E-state index in [1.54, 1.807) is 6.07 Å². The van der Waals surface area contributed by atoms with Gasteiger partial charge in [0.1, 0.15) is 22.8 Å². The Morgan fingerprint density at radius 2 is 2.14 bits per heavy atom. The fourth-order valence-electron chi connectivity index (χ4n) is 3.71. The maximum Gasteiger partial charge on any atom is 0.288 e. The second-order valence-corrected chi connectivity index (χ2v) is 6.97. The minimum atomic E-state index is -0.987. The van der Waals surface area contributed by atoms with Gasteiger partial charge in [0.25, 0.3) is 11.9 Å². The van der Waals surface area contributed by atoms with Gasteiger partial charge < -0.3 is 20.5 Å². The fourth-order valence-corrected chi connectivity index (χ4v) is 3.71. The average molecular weight is 397 g/mol. The van der Waals surface area contributed by atoms with Gasteiger partial charge in [-0.15, -0.1) is 0 Å². The van der Waals surface area contributed by atoms with E-state index in [4.69, 9.17) is 15.2 Å². The van der Waals surface area contributed by atoms with Gasteiger partial charge in [-0.3, -0.25) is 4.79 Å². The number of halogens is 1. The minimum Gasteiger partial charge on any atom is -0.480 e. The summed E-state index contributed by atoms with van der Waals surface area (Å²) in [7, 11) is 1.46. The van der Waals surface area contributed by atoms with E-state index in [0.29, 0.717) is 17.1 Å². The highest BCUT2D eigenvalue weighted by Gasteiger charge is 2.41. The normalized spacial score (nSPS) is 20.6. The van der Waals surface area contributed by atoms with Crippen molar-refractivity contribution in [3.05, 3.63) is 59.0 Å². The number of aromatic nitrogens is 2. The van der Waals surface area contributed by atoms with Gasteiger partial charge in [0.2, 0.25) is 5.88 Å². The van der Waals surface area contributed by atoms with E-state index in [-0.39, 0.29) is 11.7 Å². The maximum atomic E-state index is 14.8. The van der Waals surface area contributed by atoms with E-state index >= 15 is 0 Å². The number of allylic oxidation sites excluding steroid dienone is 1. The molecule has 1 amide bonds. The number of hydrogen-bond acceptors (Lipinski definition) is 7. The van der Waals surface area contributed by atoms with Gasteiger partial charge >= 0.3 is 0 Å². The van der Waals surface area contributed by atoms with Crippen LogP contribution in [0, 0.1) is 5.82 Å². The smallest absolute Gasteiger partial charge is 0.288 e. The van der Waals surface area contributed by atoms with Gasteiger partial charge in [-0.05, 0) is 38.0 Å². The zero-order chi connectivity index (χ0) is 20.6. The lowest BCUT2D eigenvalue weighted by molar-refractivity contribution is 0.102. The fraction of sp³-hybridized carbons (Fsp3) is 0.300. The number of aliphatic imine (C=N–C) groups is 1. The van der Waals surface area contributed by atoms with Crippen molar-refractivity contribution < 1.29 is 18.7 Å². The van der Waals surface area contributed by atoms with Gasteiger partial charge in [0.15, 0.2) is 0 Å². The lowest BCUT2D eigenvalue weighted by Crippen LogP contribution is -2.33. The van der Waals surface area contributed by atoms with Crippen molar-refractivity contribution in [1.29, 1.82) is 0 Å². The molecule has 1 aliphatic heterocycles. The first-order valence-corrected chi connectivity index (χ1v) is 9.14. The largest absolute Gasteiger partial charge is 0.480 e. The number of methoxy groups -OCH3 is 1. The van der Waals surface area contributed by atoms with Crippen LogP contribution in [0.5, 0.6) is 5.88 Å². The Kier molecular flexibility index (Phi) is 4.65. The molecule has 1 aliphatic carbocycles. The summed E-state index contributed by atoms with van der Waals surface area (Å²) in [6.45, 7) is 1.81. The van der Waals surface area contributed by atoms with E-state index < -0.39 is 17.3 Å². The Morgan fingerprint density at radius 3 is 2.86 bits per heavy atom. The topological polar surface area (TPSA) is 112 Å². The van der Waals surface area contributed by atoms with Crippen LogP contribution in [0.3, 0.4) is 0 Å². The van der Waals surface area contributed by atoms with Crippen molar-refractivity contribution in [2.45, 2.75) is 31.7 Å². The van der Waals surface area contributed by atoms with Crippen molar-refractivity contribution >= 4 is 17.6 Å². The lowest BCUT2D eigenvalue weighted by atomic mass is 9.83. The highest BCUT2D eigenvalue weighted by Crippen LogP contribution is 2.46. The van der Waals surface area contributed by atoms with Gasteiger partial charge in [0, 0.05) is 23.2 Å². The van der Waals surface area contributed by atoms with Gasteiger partial charge in [-0.2, -0.15) is 0 Å². The summed E-state index contributed by atoms with van der Waals surface area (Å²) in [5.74, 6) is 0.141. The maximum absolute atomic E-state index is 14.8. The third kappa shape index (κ3) is 3.39. The van der Waals surface area contributed by atoms with Crippen LogP contribution < -0.4 is 15.8 Å². The summed E-state index contributed by atoms with van der Waals surface area (Å²) in [5, 5.41) is 2.71. The molecule has 0 saturated heterocycles. The Hall–Kier alpha value is -3.49. The second-order valence-electron chi connectivity index (χ2n) is 6.97. The van der Waals surface area contributed by atoms with Crippen LogP contribution in [0.15, 0.2) is 46.9 Å². The van der Waals surface area contributed by atoms with Crippen molar-refractivity contribution in [3.8, 4) is 5.88 Å². The summed E-state index contributed by atoms with van der Waals surface area (Å²) in [5.41, 5.74) is 6.61. The first-order valence-electron chi connectivity index (χ1n) is 9.14. The molecule has 2 aliphatic rings. The van der Waals surface area contributed by atoms with Crippen LogP contribution >= 0.6 is 0 Å². The molecule has 0 saturated carbocycles. The monoisotopic (exact) mass is 397 g/mol. The zero-order valence-electron chi connectivity index (χ0n) is 16.0. The number of rotatable bonds is 4. The van der Waals surface area contributed by atoms with Crippen LogP contribution in [0.2, 0.25) is 0 Å². The minimum absolute atomic E-state index is 0.00972. The van der Waals surface area contributed by atoms with Gasteiger partial charge in [-0.1, -0.05) is 0 Å². The molecule has 0 radical (unpaired) electrons. The Balaban J connectivity index is 1.66. The van der Waals surface area contributed by atoms with E-state index in [9.17, 15) is 9.18 Å². The average Bonchev–Trinajstić information content (AvgIpc) is 3.18. The van der Waals surface area contributed by atoms with E-state index in [1.165, 1.54) is 31.6 Å². The molecule has 8 nitrogen and oxygen atoms in total. The van der Waals surface area contributed by atoms with Crippen LogP contribution in [-0.4, -0.2) is 29.0 Å². The molecular weight excluding hydrogens is 377 g/mol. The molecule has 29 heavy (non-hydrogen) atoms. The number of nitrogens with zero attached hydrogens (tertiary/aromatic N) is 3. The van der Waals surface area contributed by atoms with Crippen LogP contribution in [0.25, 0.3) is 0 Å². The number of nitrogens with one attached hydrogen (secondary N) is 1. The zero-order valence-corrected chi connectivity index (χ0v) is 16.0. The van der Waals surface area contributed by atoms with Crippen molar-refractivity contribution in [2.24, 2.45) is 10.7 Å². The van der Waals surface area contributed by atoms with E-state index in [2.05, 4.69) is 20.3 Å². The summed E-state index contributed by atoms with van der Waals surface area (Å²) in [4.78, 5) is 24.9. The van der Waals surface area contributed by atoms with E-state index in [1.807, 2.05) is 6.92 Å². The number of nitrogens with two attached hydrogens (primary N) is 1. The Labute approximate surface area is 166 Å². The standard InChI is InChI=1S/C20H20FN5O3/c1-20(12-4-3-5-16(12)29-19(22)26-20)13-8-11(6-7-14(13)21)25-18(27)15-9-24-17(28-2)10-23-15/h6-10H,3-5H2,1-2H3,(H2,22,26)(H,25,27)/t20-/m0/s1. The molecule has 1 atom stereocenters. The molecule has 2 aromatic rings. The first-order chi connectivity index (χ1) is 13.9. The molecule has 1 aromatic heterocycles. The second kappa shape index (κ2) is 7.16. The Morgan fingerprint density at radius 1 is 1.31 bits per heavy atom.